The summed E-state index contributed by atoms with van der Waals surface area (Å²) in [6, 6.07) is 12.2. The van der Waals surface area contributed by atoms with Gasteiger partial charge in [0.2, 0.25) is 5.91 Å². The topological polar surface area (TPSA) is 102 Å². The van der Waals surface area contributed by atoms with Crippen molar-refractivity contribution in [3.8, 4) is 5.75 Å². The maximum atomic E-state index is 12.3. The van der Waals surface area contributed by atoms with Gasteiger partial charge in [0.25, 0.3) is 11.6 Å². The lowest BCUT2D eigenvalue weighted by Gasteiger charge is -2.17. The first-order chi connectivity index (χ1) is 11.9. The van der Waals surface area contributed by atoms with Crippen LogP contribution in [0.15, 0.2) is 48.5 Å². The number of hydrogen-bond acceptors (Lipinski definition) is 5. The lowest BCUT2D eigenvalue weighted by atomic mass is 10.2. The molecule has 0 radical (unpaired) electrons. The summed E-state index contributed by atoms with van der Waals surface area (Å²) in [6.45, 7) is -0.196. The van der Waals surface area contributed by atoms with E-state index in [9.17, 15) is 19.7 Å². The Morgan fingerprint density at radius 3 is 2.60 bits per heavy atom. The number of rotatable bonds is 6. The fourth-order valence-electron chi connectivity index (χ4n) is 2.16. The highest BCUT2D eigenvalue weighted by molar-refractivity contribution is 5.99. The highest BCUT2D eigenvalue weighted by Crippen LogP contribution is 2.17. The van der Waals surface area contributed by atoms with Crippen LogP contribution in [0.4, 0.5) is 11.4 Å². The number of non-ortho nitro benzene ring substituents is 1. The van der Waals surface area contributed by atoms with Gasteiger partial charge in [-0.15, -0.1) is 0 Å². The molecule has 1 N–H and O–H groups in total. The van der Waals surface area contributed by atoms with Gasteiger partial charge in [0, 0.05) is 36.5 Å². The molecule has 25 heavy (non-hydrogen) atoms. The van der Waals surface area contributed by atoms with E-state index in [1.54, 1.807) is 24.3 Å². The average molecular weight is 343 g/mol. The Morgan fingerprint density at radius 2 is 1.92 bits per heavy atom. The third-order valence-electron chi connectivity index (χ3n) is 3.38. The van der Waals surface area contributed by atoms with Crippen LogP contribution in [0, 0.1) is 10.1 Å². The van der Waals surface area contributed by atoms with Crippen molar-refractivity contribution in [3.05, 3.63) is 64.2 Å². The molecule has 0 aliphatic carbocycles. The molecule has 2 rings (SSSR count). The van der Waals surface area contributed by atoms with Crippen LogP contribution < -0.4 is 10.1 Å². The number of nitrogens with one attached hydrogen (secondary N) is 1. The van der Waals surface area contributed by atoms with E-state index < -0.39 is 16.7 Å². The number of methoxy groups -OCH3 is 1. The minimum absolute atomic E-state index is 0.144. The van der Waals surface area contributed by atoms with Crippen LogP contribution >= 0.6 is 0 Å². The molecule has 8 heteroatoms. The highest BCUT2D eigenvalue weighted by atomic mass is 16.6. The maximum absolute atomic E-state index is 12.3. The first-order valence-electron chi connectivity index (χ1n) is 7.34. The van der Waals surface area contributed by atoms with E-state index in [-0.39, 0.29) is 17.8 Å². The van der Waals surface area contributed by atoms with Crippen LogP contribution in [0.3, 0.4) is 0 Å². The minimum atomic E-state index is -0.577. The van der Waals surface area contributed by atoms with Crippen LogP contribution in [0.5, 0.6) is 5.75 Å². The van der Waals surface area contributed by atoms with Gasteiger partial charge in [-0.2, -0.15) is 0 Å². The van der Waals surface area contributed by atoms with Crippen molar-refractivity contribution >= 4 is 23.2 Å². The third-order valence-corrected chi connectivity index (χ3v) is 3.38. The molecule has 0 aromatic heterocycles. The molecule has 2 aromatic carbocycles. The molecule has 0 heterocycles. The second-order valence-corrected chi connectivity index (χ2v) is 5.25. The van der Waals surface area contributed by atoms with Gasteiger partial charge in [0.15, 0.2) is 0 Å². The van der Waals surface area contributed by atoms with Crippen molar-refractivity contribution < 1.29 is 19.2 Å². The summed E-state index contributed by atoms with van der Waals surface area (Å²) in [4.78, 5) is 35.8. The molecule has 2 aromatic rings. The molecule has 0 aliphatic heterocycles. The Hall–Kier alpha value is -3.42. The standard InChI is InChI=1S/C17H17N3O5/c1-19(17(22)12-5-3-7-14(9-12)20(23)24)11-16(21)18-13-6-4-8-15(10-13)25-2/h3-10H,11H2,1-2H3,(H,18,21). The minimum Gasteiger partial charge on any atom is -0.497 e. The van der Waals surface area contributed by atoms with Crippen molar-refractivity contribution in [1.29, 1.82) is 0 Å². The summed E-state index contributed by atoms with van der Waals surface area (Å²) in [5, 5.41) is 13.4. The summed E-state index contributed by atoms with van der Waals surface area (Å²) in [7, 11) is 2.97. The van der Waals surface area contributed by atoms with Gasteiger partial charge < -0.3 is 15.0 Å². The van der Waals surface area contributed by atoms with Gasteiger partial charge in [-0.05, 0) is 18.2 Å². The van der Waals surface area contributed by atoms with Crippen molar-refractivity contribution in [1.82, 2.24) is 4.90 Å². The molecule has 0 atom stereocenters. The summed E-state index contributed by atoms with van der Waals surface area (Å²) in [5.74, 6) is -0.280. The van der Waals surface area contributed by atoms with E-state index in [1.807, 2.05) is 0 Å². The second-order valence-electron chi connectivity index (χ2n) is 5.25. The predicted molar refractivity (Wildman–Crippen MR) is 91.7 cm³/mol. The first-order valence-corrected chi connectivity index (χ1v) is 7.34. The average Bonchev–Trinajstić information content (AvgIpc) is 2.61. The molecule has 0 saturated carbocycles. The maximum Gasteiger partial charge on any atom is 0.270 e. The third kappa shape index (κ3) is 4.77. The molecule has 2 amide bonds. The monoisotopic (exact) mass is 343 g/mol. The number of amides is 2. The normalized spacial score (nSPS) is 10.0. The summed E-state index contributed by atoms with van der Waals surface area (Å²) >= 11 is 0. The summed E-state index contributed by atoms with van der Waals surface area (Å²) in [5.41, 5.74) is 0.506. The van der Waals surface area contributed by atoms with Gasteiger partial charge in [-0.25, -0.2) is 0 Å². The molecule has 0 unspecified atom stereocenters. The number of ether oxygens (including phenoxy) is 1. The Labute approximate surface area is 144 Å². The lowest BCUT2D eigenvalue weighted by Crippen LogP contribution is -2.34. The number of carbonyl (C=O) groups is 2. The van der Waals surface area contributed by atoms with Crippen molar-refractivity contribution in [3.63, 3.8) is 0 Å². The number of likely N-dealkylation sites (N-methyl/N-ethyl adjacent to an activating group) is 1. The predicted octanol–water partition coefficient (Wildman–Crippen LogP) is 2.31. The fourth-order valence-corrected chi connectivity index (χ4v) is 2.16. The number of benzene rings is 2. The molecular formula is C17H17N3O5. The van der Waals surface area contributed by atoms with Crippen LogP contribution in [-0.4, -0.2) is 42.3 Å². The smallest absolute Gasteiger partial charge is 0.270 e. The molecule has 130 valence electrons. The zero-order valence-corrected chi connectivity index (χ0v) is 13.8. The summed E-state index contributed by atoms with van der Waals surface area (Å²) < 4.78 is 5.07. The Kier molecular flexibility index (Phi) is 5.67. The van der Waals surface area contributed by atoms with Crippen molar-refractivity contribution in [2.45, 2.75) is 0 Å². The van der Waals surface area contributed by atoms with Gasteiger partial charge >= 0.3 is 0 Å². The van der Waals surface area contributed by atoms with Crippen LogP contribution in [0.25, 0.3) is 0 Å². The quantitative estimate of drug-likeness (QED) is 0.640. The molecule has 8 nitrogen and oxygen atoms in total. The molecule has 0 aliphatic rings. The van der Waals surface area contributed by atoms with E-state index in [0.29, 0.717) is 11.4 Å². The number of nitro benzene ring substituents is 1. The lowest BCUT2D eigenvalue weighted by molar-refractivity contribution is -0.384. The molecule has 0 spiro atoms. The Morgan fingerprint density at radius 1 is 1.20 bits per heavy atom. The molecule has 0 bridgehead atoms. The molecule has 0 saturated heterocycles. The molecule has 0 fully saturated rings. The van der Waals surface area contributed by atoms with Gasteiger partial charge in [0.1, 0.15) is 5.75 Å². The second kappa shape index (κ2) is 7.91. The zero-order valence-electron chi connectivity index (χ0n) is 13.8. The van der Waals surface area contributed by atoms with Gasteiger partial charge in [0.05, 0.1) is 18.6 Å². The van der Waals surface area contributed by atoms with Gasteiger partial charge in [-0.3, -0.25) is 19.7 Å². The van der Waals surface area contributed by atoms with E-state index >= 15 is 0 Å². The first kappa shape index (κ1) is 17.9. The van der Waals surface area contributed by atoms with Crippen LogP contribution in [0.2, 0.25) is 0 Å². The van der Waals surface area contributed by atoms with E-state index in [1.165, 1.54) is 43.3 Å². The number of carbonyl (C=O) groups excluding carboxylic acids is 2. The fraction of sp³-hybridized carbons (Fsp3) is 0.176. The number of anilines is 1. The van der Waals surface area contributed by atoms with Gasteiger partial charge in [-0.1, -0.05) is 12.1 Å². The van der Waals surface area contributed by atoms with Crippen molar-refractivity contribution in [2.24, 2.45) is 0 Å². The van der Waals surface area contributed by atoms with E-state index in [0.717, 1.165) is 0 Å². The van der Waals surface area contributed by atoms with E-state index in [2.05, 4.69) is 5.32 Å². The largest absolute Gasteiger partial charge is 0.497 e. The van der Waals surface area contributed by atoms with E-state index in [4.69, 9.17) is 4.74 Å². The summed E-state index contributed by atoms with van der Waals surface area (Å²) in [6.07, 6.45) is 0. The zero-order chi connectivity index (χ0) is 18.4. The Balaban J connectivity index is 2.01. The van der Waals surface area contributed by atoms with Crippen LogP contribution in [0.1, 0.15) is 10.4 Å². The van der Waals surface area contributed by atoms with Crippen LogP contribution in [-0.2, 0) is 4.79 Å². The molecular weight excluding hydrogens is 326 g/mol. The van der Waals surface area contributed by atoms with Crippen molar-refractivity contribution in [2.75, 3.05) is 26.0 Å². The number of hydrogen-bond donors (Lipinski definition) is 1. The highest BCUT2D eigenvalue weighted by Gasteiger charge is 2.17. The SMILES string of the molecule is COc1cccc(NC(=O)CN(C)C(=O)c2cccc([N+](=O)[O-])c2)c1. The Bertz CT molecular complexity index is 806. The number of nitro groups is 1. The number of nitrogens with zero attached hydrogens (tertiary/aromatic N) is 2.